The van der Waals surface area contributed by atoms with Crippen molar-refractivity contribution in [3.8, 4) is 11.5 Å². The van der Waals surface area contributed by atoms with Crippen molar-refractivity contribution in [1.82, 2.24) is 15.0 Å². The minimum Gasteiger partial charge on any atom is -0.359 e. The summed E-state index contributed by atoms with van der Waals surface area (Å²) < 4.78 is 0.672. The first kappa shape index (κ1) is 10.4. The molecule has 2 N–H and O–H groups in total. The van der Waals surface area contributed by atoms with Crippen molar-refractivity contribution in [3.05, 3.63) is 37.9 Å². The number of aromatic amines is 2. The van der Waals surface area contributed by atoms with Crippen molar-refractivity contribution in [3.63, 3.8) is 0 Å². The van der Waals surface area contributed by atoms with Crippen molar-refractivity contribution in [2.24, 2.45) is 0 Å². The molecule has 0 aliphatic carbocycles. The van der Waals surface area contributed by atoms with Crippen LogP contribution in [0.1, 0.15) is 12.6 Å². The number of aryl methyl sites for hydroxylation is 1. The largest absolute Gasteiger partial charge is 0.359 e. The molecule has 0 spiro atoms. The quantitative estimate of drug-likeness (QED) is 0.832. The molecule has 15 heavy (non-hydrogen) atoms. The first-order chi connectivity index (χ1) is 7.22. The molecule has 4 nitrogen and oxygen atoms in total. The third-order valence-electron chi connectivity index (χ3n) is 2.12. The third-order valence-corrected chi connectivity index (χ3v) is 3.23. The molecule has 0 aromatic carbocycles. The van der Waals surface area contributed by atoms with Gasteiger partial charge in [0.2, 0.25) is 0 Å². The Bertz CT molecular complexity index is 516. The van der Waals surface area contributed by atoms with Gasteiger partial charge in [0, 0.05) is 6.20 Å². The van der Waals surface area contributed by atoms with E-state index < -0.39 is 0 Å². The number of aromatic nitrogens is 3. The van der Waals surface area contributed by atoms with E-state index in [2.05, 4.69) is 15.0 Å². The predicted octanol–water partition coefficient (Wildman–Crippen LogP) is 1.93. The van der Waals surface area contributed by atoms with E-state index in [-0.39, 0.29) is 5.56 Å². The maximum absolute atomic E-state index is 11.6. The summed E-state index contributed by atoms with van der Waals surface area (Å²) in [5, 5.41) is 0. The van der Waals surface area contributed by atoms with Gasteiger partial charge < -0.3 is 9.97 Å². The lowest BCUT2D eigenvalue weighted by Gasteiger charge is -2.02. The van der Waals surface area contributed by atoms with Gasteiger partial charge in [-0.25, -0.2) is 4.98 Å². The van der Waals surface area contributed by atoms with Gasteiger partial charge in [-0.3, -0.25) is 4.79 Å². The second-order valence-corrected chi connectivity index (χ2v) is 4.19. The van der Waals surface area contributed by atoms with Crippen LogP contribution in [0, 0.1) is 3.57 Å². The molecule has 0 unspecified atom stereocenters. The maximum atomic E-state index is 11.6. The van der Waals surface area contributed by atoms with Gasteiger partial charge in [0.15, 0.2) is 5.82 Å². The maximum Gasteiger partial charge on any atom is 0.264 e. The molecule has 0 saturated heterocycles. The van der Waals surface area contributed by atoms with Crippen LogP contribution in [0.3, 0.4) is 0 Å². The predicted molar refractivity (Wildman–Crippen MR) is 66.7 cm³/mol. The van der Waals surface area contributed by atoms with Crippen LogP contribution in [0.15, 0.2) is 23.1 Å². The Kier molecular flexibility index (Phi) is 2.90. The Morgan fingerprint density at radius 3 is 2.93 bits per heavy atom. The van der Waals surface area contributed by atoms with Crippen LogP contribution < -0.4 is 5.56 Å². The van der Waals surface area contributed by atoms with Gasteiger partial charge in [-0.05, 0) is 41.1 Å². The zero-order valence-electron chi connectivity index (χ0n) is 8.17. The molecule has 2 aromatic rings. The van der Waals surface area contributed by atoms with E-state index in [4.69, 9.17) is 0 Å². The van der Waals surface area contributed by atoms with Crippen molar-refractivity contribution in [2.75, 3.05) is 0 Å². The van der Waals surface area contributed by atoms with Gasteiger partial charge in [-0.2, -0.15) is 0 Å². The SMILES string of the molecule is CCc1nc(-c2ccc[nH]2)[nH]c(=O)c1I. The summed E-state index contributed by atoms with van der Waals surface area (Å²) in [7, 11) is 0. The van der Waals surface area contributed by atoms with Crippen molar-refractivity contribution >= 4 is 22.6 Å². The van der Waals surface area contributed by atoms with Gasteiger partial charge in [0.25, 0.3) is 5.56 Å². The first-order valence-corrected chi connectivity index (χ1v) is 5.72. The summed E-state index contributed by atoms with van der Waals surface area (Å²) >= 11 is 2.02. The normalized spacial score (nSPS) is 10.5. The highest BCUT2D eigenvalue weighted by atomic mass is 127. The van der Waals surface area contributed by atoms with E-state index in [1.54, 1.807) is 6.20 Å². The summed E-state index contributed by atoms with van der Waals surface area (Å²) in [5.74, 6) is 0.599. The molecule has 78 valence electrons. The monoisotopic (exact) mass is 315 g/mol. The van der Waals surface area contributed by atoms with Crippen molar-refractivity contribution in [1.29, 1.82) is 0 Å². The van der Waals surface area contributed by atoms with E-state index in [9.17, 15) is 4.79 Å². The minimum atomic E-state index is -0.0768. The molecule has 0 aliphatic rings. The molecule has 5 heteroatoms. The lowest BCUT2D eigenvalue weighted by Crippen LogP contribution is -2.16. The highest BCUT2D eigenvalue weighted by molar-refractivity contribution is 14.1. The number of nitrogens with zero attached hydrogens (tertiary/aromatic N) is 1. The fourth-order valence-electron chi connectivity index (χ4n) is 1.34. The second kappa shape index (κ2) is 4.18. The standard InChI is InChI=1S/C10H10IN3O/c1-2-6-8(11)10(15)14-9(13-6)7-4-3-5-12-7/h3-5,12H,2H2,1H3,(H,13,14,15). The highest BCUT2D eigenvalue weighted by Gasteiger charge is 2.08. The smallest absolute Gasteiger partial charge is 0.264 e. The fraction of sp³-hybridized carbons (Fsp3) is 0.200. The number of H-pyrrole nitrogens is 2. The molecule has 0 saturated carbocycles. The van der Waals surface area contributed by atoms with Crippen LogP contribution in [0.4, 0.5) is 0 Å². The number of nitrogens with one attached hydrogen (secondary N) is 2. The molecule has 2 aromatic heterocycles. The van der Waals surface area contributed by atoms with Gasteiger partial charge in [-0.15, -0.1) is 0 Å². The van der Waals surface area contributed by atoms with Crippen LogP contribution in [0.5, 0.6) is 0 Å². The Labute approximate surface area is 100 Å². The Morgan fingerprint density at radius 2 is 2.33 bits per heavy atom. The lowest BCUT2D eigenvalue weighted by molar-refractivity contribution is 0.964. The summed E-state index contributed by atoms with van der Waals surface area (Å²) in [5.41, 5.74) is 1.59. The topological polar surface area (TPSA) is 61.5 Å². The summed E-state index contributed by atoms with van der Waals surface area (Å²) in [6.45, 7) is 1.99. The summed E-state index contributed by atoms with van der Waals surface area (Å²) in [6.07, 6.45) is 2.56. The van der Waals surface area contributed by atoms with Crippen molar-refractivity contribution < 1.29 is 0 Å². The zero-order chi connectivity index (χ0) is 10.8. The average molecular weight is 315 g/mol. The fourth-order valence-corrected chi connectivity index (χ4v) is 1.98. The number of hydrogen-bond donors (Lipinski definition) is 2. The van der Waals surface area contributed by atoms with Crippen LogP contribution in [-0.2, 0) is 6.42 Å². The van der Waals surface area contributed by atoms with Crippen LogP contribution in [0.25, 0.3) is 11.5 Å². The molecule has 0 bridgehead atoms. The van der Waals surface area contributed by atoms with Gasteiger partial charge in [0.1, 0.15) is 0 Å². The molecule has 2 rings (SSSR count). The second-order valence-electron chi connectivity index (χ2n) is 3.11. The summed E-state index contributed by atoms with van der Waals surface area (Å²) in [4.78, 5) is 21.8. The Balaban J connectivity index is 2.61. The van der Waals surface area contributed by atoms with Gasteiger partial charge >= 0.3 is 0 Å². The number of halogens is 1. The van der Waals surface area contributed by atoms with E-state index in [0.29, 0.717) is 9.39 Å². The zero-order valence-corrected chi connectivity index (χ0v) is 10.3. The van der Waals surface area contributed by atoms with Crippen LogP contribution in [-0.4, -0.2) is 15.0 Å². The summed E-state index contributed by atoms with van der Waals surface area (Å²) in [6, 6.07) is 3.75. The third kappa shape index (κ3) is 1.97. The average Bonchev–Trinajstić information content (AvgIpc) is 2.75. The van der Waals surface area contributed by atoms with Gasteiger partial charge in [0.05, 0.1) is 15.0 Å². The van der Waals surface area contributed by atoms with Crippen LogP contribution >= 0.6 is 22.6 Å². The van der Waals surface area contributed by atoms with Crippen molar-refractivity contribution in [2.45, 2.75) is 13.3 Å². The first-order valence-electron chi connectivity index (χ1n) is 4.64. The molecular weight excluding hydrogens is 305 g/mol. The Morgan fingerprint density at radius 1 is 1.53 bits per heavy atom. The molecule has 0 aliphatic heterocycles. The minimum absolute atomic E-state index is 0.0768. The number of rotatable bonds is 2. The van der Waals surface area contributed by atoms with E-state index >= 15 is 0 Å². The molecule has 0 fully saturated rings. The highest BCUT2D eigenvalue weighted by Crippen LogP contribution is 2.13. The molecule has 0 amide bonds. The number of hydrogen-bond acceptors (Lipinski definition) is 2. The van der Waals surface area contributed by atoms with Crippen LogP contribution in [0.2, 0.25) is 0 Å². The molecule has 2 heterocycles. The Hall–Kier alpha value is -1.11. The van der Waals surface area contributed by atoms with E-state index in [1.807, 2.05) is 41.6 Å². The van der Waals surface area contributed by atoms with Gasteiger partial charge in [-0.1, -0.05) is 6.92 Å². The molecule has 0 radical (unpaired) electrons. The molecular formula is C10H10IN3O. The molecule has 0 atom stereocenters. The van der Waals surface area contributed by atoms with E-state index in [0.717, 1.165) is 17.8 Å². The lowest BCUT2D eigenvalue weighted by atomic mass is 10.3. The van der Waals surface area contributed by atoms with E-state index in [1.165, 1.54) is 0 Å².